The number of hydrogen-bond acceptors (Lipinski definition) is 7. The Bertz CT molecular complexity index is 1000. The fourth-order valence-electron chi connectivity index (χ4n) is 4.28. The average molecular weight is 445 g/mol. The predicted octanol–water partition coefficient (Wildman–Crippen LogP) is 1.49. The molecule has 2 fully saturated rings. The Morgan fingerprint density at radius 1 is 1.00 bits per heavy atom. The molecule has 5 rings (SSSR count). The lowest BCUT2D eigenvalue weighted by atomic mass is 9.86. The Morgan fingerprint density at radius 3 is 2.40 bits per heavy atom. The summed E-state index contributed by atoms with van der Waals surface area (Å²) in [4.78, 5) is 16.5. The fourth-order valence-corrected chi connectivity index (χ4v) is 6.47. The number of carbonyl (C=O) groups excluding carboxylic acids is 1. The second kappa shape index (κ2) is 8.00. The first kappa shape index (κ1) is 20.1. The molecule has 30 heavy (non-hydrogen) atoms. The predicted molar refractivity (Wildman–Crippen MR) is 118 cm³/mol. The van der Waals surface area contributed by atoms with Crippen LogP contribution in [0.3, 0.4) is 0 Å². The minimum absolute atomic E-state index is 0.162. The van der Waals surface area contributed by atoms with Gasteiger partial charge in [0.2, 0.25) is 5.04 Å². The molecule has 0 amide bonds. The zero-order chi connectivity index (χ0) is 20.8. The number of Topliss-reactive ketones (excluding diaryl/α,β-unsaturated/α-hetero) is 1. The van der Waals surface area contributed by atoms with Gasteiger partial charge in [-0.05, 0) is 42.8 Å². The zero-order valence-corrected chi connectivity index (χ0v) is 18.2. The summed E-state index contributed by atoms with van der Waals surface area (Å²) in [7, 11) is 0. The molecular weight excluding hydrogens is 420 g/mol. The zero-order valence-electron chi connectivity index (χ0n) is 16.5. The number of allylic oxidation sites excluding steroid dienone is 3. The number of ketones is 1. The topological polar surface area (TPSA) is 86.8 Å². The Kier molecular flexibility index (Phi) is 5.35. The molecule has 0 unspecified atom stereocenters. The molecule has 1 aromatic rings. The van der Waals surface area contributed by atoms with Gasteiger partial charge in [-0.3, -0.25) is 4.79 Å². The number of anilines is 1. The SMILES string of the molecule is O=C1C(=C2C=CC(=[N+]3CCC(O)CC3)S2)C([O-])=C1c1ccc(N2CCC(O)CC2)s1. The van der Waals surface area contributed by atoms with Crippen LogP contribution in [0.4, 0.5) is 5.00 Å². The minimum atomic E-state index is -0.229. The number of thioether (sulfide) groups is 1. The van der Waals surface area contributed by atoms with E-state index in [1.807, 2.05) is 24.3 Å². The van der Waals surface area contributed by atoms with E-state index < -0.39 is 0 Å². The third-order valence-corrected chi connectivity index (χ3v) is 8.46. The van der Waals surface area contributed by atoms with Crippen LogP contribution in [0.5, 0.6) is 0 Å². The summed E-state index contributed by atoms with van der Waals surface area (Å²) in [5, 5.41) is 34.3. The summed E-state index contributed by atoms with van der Waals surface area (Å²) >= 11 is 2.96. The van der Waals surface area contributed by atoms with Crippen molar-refractivity contribution in [3.63, 3.8) is 0 Å². The smallest absolute Gasteiger partial charge is 0.239 e. The third kappa shape index (κ3) is 3.56. The molecule has 2 saturated heterocycles. The third-order valence-electron chi connectivity index (χ3n) is 6.14. The van der Waals surface area contributed by atoms with Crippen molar-refractivity contribution in [3.8, 4) is 0 Å². The summed E-state index contributed by atoms with van der Waals surface area (Å²) in [6.45, 7) is 3.17. The van der Waals surface area contributed by atoms with Crippen LogP contribution in [0.2, 0.25) is 0 Å². The lowest BCUT2D eigenvalue weighted by molar-refractivity contribution is -0.538. The molecule has 0 aromatic carbocycles. The maximum Gasteiger partial charge on any atom is 0.239 e. The summed E-state index contributed by atoms with van der Waals surface area (Å²) in [6.07, 6.45) is 6.36. The molecule has 1 aliphatic carbocycles. The fraction of sp³-hybridized carbons (Fsp3) is 0.455. The van der Waals surface area contributed by atoms with E-state index in [9.17, 15) is 20.1 Å². The van der Waals surface area contributed by atoms with Crippen molar-refractivity contribution in [3.05, 3.63) is 45.4 Å². The van der Waals surface area contributed by atoms with Crippen LogP contribution in [0.1, 0.15) is 30.6 Å². The van der Waals surface area contributed by atoms with E-state index >= 15 is 0 Å². The van der Waals surface area contributed by atoms with Crippen LogP contribution in [0, 0.1) is 0 Å². The van der Waals surface area contributed by atoms with Crippen molar-refractivity contribution in [2.75, 3.05) is 31.1 Å². The quantitative estimate of drug-likeness (QED) is 0.531. The first-order valence-corrected chi connectivity index (χ1v) is 12.0. The monoisotopic (exact) mass is 444 g/mol. The van der Waals surface area contributed by atoms with E-state index in [0.29, 0.717) is 11.1 Å². The van der Waals surface area contributed by atoms with E-state index in [-0.39, 0.29) is 23.8 Å². The van der Waals surface area contributed by atoms with Crippen LogP contribution in [-0.2, 0) is 4.79 Å². The van der Waals surface area contributed by atoms with Gasteiger partial charge in [-0.1, -0.05) is 5.76 Å². The Balaban J connectivity index is 1.35. The van der Waals surface area contributed by atoms with Gasteiger partial charge in [-0.2, -0.15) is 0 Å². The van der Waals surface area contributed by atoms with Crippen molar-refractivity contribution < 1.29 is 24.7 Å². The van der Waals surface area contributed by atoms with E-state index in [2.05, 4.69) is 9.48 Å². The highest BCUT2D eigenvalue weighted by Crippen LogP contribution is 2.44. The molecule has 0 atom stereocenters. The van der Waals surface area contributed by atoms with Crippen LogP contribution in [-0.4, -0.2) is 64.0 Å². The summed E-state index contributed by atoms with van der Waals surface area (Å²) < 4.78 is 2.21. The molecule has 2 N–H and O–H groups in total. The number of hydrogen-bond donors (Lipinski definition) is 2. The average Bonchev–Trinajstić information content (AvgIpc) is 3.40. The van der Waals surface area contributed by atoms with Gasteiger partial charge in [-0.25, -0.2) is 4.58 Å². The van der Waals surface area contributed by atoms with Gasteiger partial charge < -0.3 is 20.2 Å². The van der Waals surface area contributed by atoms with E-state index in [1.54, 1.807) is 0 Å². The molecule has 0 spiro atoms. The van der Waals surface area contributed by atoms with Gasteiger partial charge in [0.25, 0.3) is 0 Å². The van der Waals surface area contributed by atoms with Crippen LogP contribution >= 0.6 is 23.1 Å². The number of piperidine rings is 2. The molecular formula is C22H24N2O4S2. The van der Waals surface area contributed by atoms with Crippen LogP contribution in [0.15, 0.2) is 40.5 Å². The molecule has 6 nitrogen and oxygen atoms in total. The molecule has 4 aliphatic rings. The first-order chi connectivity index (χ1) is 14.5. The summed E-state index contributed by atoms with van der Waals surface area (Å²) in [6, 6.07) is 3.84. The van der Waals surface area contributed by atoms with E-state index in [4.69, 9.17) is 0 Å². The second-order valence-electron chi connectivity index (χ2n) is 8.12. The van der Waals surface area contributed by atoms with Gasteiger partial charge in [0.1, 0.15) is 13.1 Å². The van der Waals surface area contributed by atoms with Crippen LogP contribution in [0.25, 0.3) is 5.57 Å². The number of rotatable bonds is 2. The highest BCUT2D eigenvalue weighted by Gasteiger charge is 2.35. The van der Waals surface area contributed by atoms with E-state index in [1.165, 1.54) is 23.1 Å². The molecule has 158 valence electrons. The first-order valence-electron chi connectivity index (χ1n) is 10.4. The number of aliphatic hydroxyl groups is 2. The van der Waals surface area contributed by atoms with Gasteiger partial charge in [0.05, 0.1) is 17.2 Å². The molecule has 4 heterocycles. The van der Waals surface area contributed by atoms with Crippen molar-refractivity contribution in [1.82, 2.24) is 0 Å². The molecule has 0 bridgehead atoms. The number of thiophene rings is 1. The van der Waals surface area contributed by atoms with Crippen molar-refractivity contribution in [2.24, 2.45) is 0 Å². The maximum absolute atomic E-state index is 12.9. The Hall–Kier alpha value is -1.87. The Morgan fingerprint density at radius 2 is 1.70 bits per heavy atom. The van der Waals surface area contributed by atoms with Crippen molar-refractivity contribution in [2.45, 2.75) is 37.9 Å². The second-order valence-corrected chi connectivity index (χ2v) is 10.2. The lowest BCUT2D eigenvalue weighted by Crippen LogP contribution is -2.35. The standard InChI is InChI=1S/C22H24N2O4S2/c25-13-5-9-23(10-6-13)17-3-1-15(29-17)19-21(27)20(22(19)28)16-2-4-18(30-16)24-11-7-14(26)8-12-24/h1-4,13-14,25-26H,5-12H2. The molecule has 1 aromatic heterocycles. The summed E-state index contributed by atoms with van der Waals surface area (Å²) in [5.41, 5.74) is 0.601. The van der Waals surface area contributed by atoms with E-state index in [0.717, 1.165) is 71.7 Å². The number of nitrogens with zero attached hydrogens (tertiary/aromatic N) is 2. The normalized spacial score (nSPS) is 28.0. The molecule has 0 radical (unpaired) electrons. The van der Waals surface area contributed by atoms with Gasteiger partial charge in [0, 0.05) is 52.9 Å². The highest BCUT2D eigenvalue weighted by atomic mass is 32.2. The van der Waals surface area contributed by atoms with Gasteiger partial charge in [-0.15, -0.1) is 11.3 Å². The minimum Gasteiger partial charge on any atom is -0.871 e. The van der Waals surface area contributed by atoms with Crippen LogP contribution < -0.4 is 10.0 Å². The van der Waals surface area contributed by atoms with Crippen molar-refractivity contribution in [1.29, 1.82) is 0 Å². The molecule has 0 saturated carbocycles. The summed E-state index contributed by atoms with van der Waals surface area (Å²) in [5.74, 6) is -0.324. The number of carbonyl (C=O) groups is 1. The van der Waals surface area contributed by atoms with Gasteiger partial charge >= 0.3 is 0 Å². The maximum atomic E-state index is 12.9. The molecule has 3 aliphatic heterocycles. The lowest BCUT2D eigenvalue weighted by Gasteiger charge is -2.31. The molecule has 8 heteroatoms. The Labute approximate surface area is 183 Å². The van der Waals surface area contributed by atoms with Gasteiger partial charge in [0.15, 0.2) is 5.78 Å². The number of aliphatic hydroxyl groups excluding tert-OH is 2. The van der Waals surface area contributed by atoms with Crippen molar-refractivity contribution >= 4 is 44.5 Å². The largest absolute Gasteiger partial charge is 0.871 e. The highest BCUT2D eigenvalue weighted by molar-refractivity contribution is 8.18.